The molecule has 3 unspecified atom stereocenters. The molecular formula is C22H22N2O2S. The van der Waals surface area contributed by atoms with Gasteiger partial charge < -0.3 is 9.47 Å². The van der Waals surface area contributed by atoms with Crippen molar-refractivity contribution >= 4 is 11.3 Å². The zero-order chi connectivity index (χ0) is 18.4. The number of hydrogen-bond acceptors (Lipinski definition) is 5. The molecule has 27 heavy (non-hydrogen) atoms. The first-order chi connectivity index (χ1) is 13.3. The van der Waals surface area contributed by atoms with Gasteiger partial charge in [-0.3, -0.25) is 0 Å². The van der Waals surface area contributed by atoms with Crippen LogP contribution in [0.3, 0.4) is 0 Å². The second-order valence-electron chi connectivity index (χ2n) is 7.10. The normalized spacial score (nSPS) is 23.1. The molecule has 2 heterocycles. The predicted octanol–water partition coefficient (Wildman–Crippen LogP) is 4.49. The molecule has 0 bridgehead atoms. The van der Waals surface area contributed by atoms with Gasteiger partial charge in [0.2, 0.25) is 0 Å². The van der Waals surface area contributed by atoms with Crippen molar-refractivity contribution in [2.24, 2.45) is 5.92 Å². The SMILES string of the molecule is COc1ccc(-c2cc3c(s2)CC2C(c4ccc(OC)cc4)NNC32)cc1. The van der Waals surface area contributed by atoms with Crippen LogP contribution in [0, 0.1) is 5.92 Å². The second kappa shape index (κ2) is 6.68. The van der Waals surface area contributed by atoms with Crippen molar-refractivity contribution < 1.29 is 9.47 Å². The number of thiophene rings is 1. The lowest BCUT2D eigenvalue weighted by Gasteiger charge is -2.17. The third kappa shape index (κ3) is 2.83. The van der Waals surface area contributed by atoms with Gasteiger partial charge >= 0.3 is 0 Å². The lowest BCUT2D eigenvalue weighted by Crippen LogP contribution is -2.27. The average molecular weight is 378 g/mol. The molecule has 1 aliphatic heterocycles. The van der Waals surface area contributed by atoms with E-state index in [4.69, 9.17) is 9.47 Å². The van der Waals surface area contributed by atoms with Gasteiger partial charge in [0, 0.05) is 15.7 Å². The Hall–Kier alpha value is -2.34. The highest BCUT2D eigenvalue weighted by Gasteiger charge is 2.44. The Bertz CT molecular complexity index is 949. The van der Waals surface area contributed by atoms with Gasteiger partial charge in [0.15, 0.2) is 0 Å². The van der Waals surface area contributed by atoms with E-state index in [1.807, 2.05) is 35.6 Å². The lowest BCUT2D eigenvalue weighted by molar-refractivity contribution is 0.413. The molecule has 2 aliphatic rings. The van der Waals surface area contributed by atoms with E-state index >= 15 is 0 Å². The summed E-state index contributed by atoms with van der Waals surface area (Å²) in [7, 11) is 3.41. The van der Waals surface area contributed by atoms with E-state index in [1.165, 1.54) is 26.4 Å². The van der Waals surface area contributed by atoms with E-state index in [9.17, 15) is 0 Å². The molecule has 5 rings (SSSR count). The minimum Gasteiger partial charge on any atom is -0.497 e. The maximum absolute atomic E-state index is 5.28. The van der Waals surface area contributed by atoms with Crippen molar-refractivity contribution in [3.8, 4) is 21.9 Å². The summed E-state index contributed by atoms with van der Waals surface area (Å²) in [5.74, 6) is 2.34. The van der Waals surface area contributed by atoms with Crippen molar-refractivity contribution in [1.82, 2.24) is 10.9 Å². The van der Waals surface area contributed by atoms with Gasteiger partial charge in [-0.2, -0.15) is 0 Å². The van der Waals surface area contributed by atoms with Crippen molar-refractivity contribution in [3.63, 3.8) is 0 Å². The Morgan fingerprint density at radius 3 is 2.15 bits per heavy atom. The first-order valence-corrected chi connectivity index (χ1v) is 10.0. The van der Waals surface area contributed by atoms with Gasteiger partial charge in [-0.05, 0) is 65.6 Å². The number of hydrazine groups is 1. The summed E-state index contributed by atoms with van der Waals surface area (Å²) in [5.41, 5.74) is 11.1. The molecule has 1 aliphatic carbocycles. The van der Waals surface area contributed by atoms with Crippen LogP contribution in [0.5, 0.6) is 11.5 Å². The molecule has 3 aromatic rings. The molecule has 4 nitrogen and oxygen atoms in total. The lowest BCUT2D eigenvalue weighted by atomic mass is 9.90. The van der Waals surface area contributed by atoms with Gasteiger partial charge in [0.25, 0.3) is 0 Å². The Morgan fingerprint density at radius 2 is 1.48 bits per heavy atom. The van der Waals surface area contributed by atoms with Crippen LogP contribution in [-0.2, 0) is 6.42 Å². The van der Waals surface area contributed by atoms with Crippen LogP contribution in [0.2, 0.25) is 0 Å². The Labute approximate surface area is 163 Å². The first-order valence-electron chi connectivity index (χ1n) is 9.19. The summed E-state index contributed by atoms with van der Waals surface area (Å²) in [6.07, 6.45) is 1.11. The van der Waals surface area contributed by atoms with Crippen molar-refractivity contribution in [2.45, 2.75) is 18.5 Å². The Balaban J connectivity index is 1.38. The molecule has 2 aromatic carbocycles. The van der Waals surface area contributed by atoms with Gasteiger partial charge in [-0.1, -0.05) is 12.1 Å². The fraction of sp³-hybridized carbons (Fsp3) is 0.273. The Kier molecular flexibility index (Phi) is 4.16. The zero-order valence-electron chi connectivity index (χ0n) is 15.4. The topological polar surface area (TPSA) is 42.5 Å². The van der Waals surface area contributed by atoms with Crippen LogP contribution >= 0.6 is 11.3 Å². The molecule has 1 fully saturated rings. The number of methoxy groups -OCH3 is 2. The van der Waals surface area contributed by atoms with Gasteiger partial charge in [-0.25, -0.2) is 10.9 Å². The van der Waals surface area contributed by atoms with E-state index in [2.05, 4.69) is 41.2 Å². The molecule has 138 valence electrons. The first kappa shape index (κ1) is 16.8. The Morgan fingerprint density at radius 1 is 0.852 bits per heavy atom. The molecule has 3 atom stereocenters. The molecular weight excluding hydrogens is 356 g/mol. The number of benzene rings is 2. The number of nitrogens with one attached hydrogen (secondary N) is 2. The van der Waals surface area contributed by atoms with Crippen LogP contribution < -0.4 is 20.3 Å². The highest BCUT2D eigenvalue weighted by molar-refractivity contribution is 7.15. The molecule has 0 amide bonds. The predicted molar refractivity (Wildman–Crippen MR) is 108 cm³/mol. The summed E-state index contributed by atoms with van der Waals surface area (Å²) in [6, 6.07) is 19.8. The van der Waals surface area contributed by atoms with Crippen LogP contribution in [0.4, 0.5) is 0 Å². The molecule has 1 aromatic heterocycles. The van der Waals surface area contributed by atoms with E-state index < -0.39 is 0 Å². The summed E-state index contributed by atoms with van der Waals surface area (Å²) < 4.78 is 10.6. The summed E-state index contributed by atoms with van der Waals surface area (Å²) in [5, 5.41) is 0. The number of ether oxygens (including phenoxy) is 2. The monoisotopic (exact) mass is 378 g/mol. The molecule has 1 saturated heterocycles. The standard InChI is InChI=1S/C22H22N2O2S/c1-25-15-7-3-13(4-8-15)19-11-17-20(27-19)12-18-21(23-24-22(17)18)14-5-9-16(26-2)10-6-14/h3-11,18,21-24H,12H2,1-2H3. The summed E-state index contributed by atoms with van der Waals surface area (Å²) in [4.78, 5) is 2.83. The van der Waals surface area contributed by atoms with Crippen LogP contribution in [-0.4, -0.2) is 14.2 Å². The van der Waals surface area contributed by atoms with Gasteiger partial charge in [0.05, 0.1) is 26.3 Å². The fourth-order valence-corrected chi connectivity index (χ4v) is 5.53. The van der Waals surface area contributed by atoms with Crippen LogP contribution in [0.15, 0.2) is 54.6 Å². The zero-order valence-corrected chi connectivity index (χ0v) is 16.2. The second-order valence-corrected chi connectivity index (χ2v) is 8.24. The van der Waals surface area contributed by atoms with Crippen LogP contribution in [0.25, 0.3) is 10.4 Å². The molecule has 5 heteroatoms. The smallest absolute Gasteiger partial charge is 0.118 e. The van der Waals surface area contributed by atoms with Crippen molar-refractivity contribution in [1.29, 1.82) is 0 Å². The summed E-state index contributed by atoms with van der Waals surface area (Å²) >= 11 is 1.92. The van der Waals surface area contributed by atoms with Gasteiger partial charge in [-0.15, -0.1) is 11.3 Å². The van der Waals surface area contributed by atoms with Crippen molar-refractivity contribution in [3.05, 3.63) is 70.6 Å². The van der Waals surface area contributed by atoms with E-state index in [0.717, 1.165) is 17.9 Å². The average Bonchev–Trinajstić information content (AvgIpc) is 3.39. The number of rotatable bonds is 4. The third-order valence-electron chi connectivity index (χ3n) is 5.70. The van der Waals surface area contributed by atoms with Gasteiger partial charge in [0.1, 0.15) is 11.5 Å². The minimum atomic E-state index is 0.324. The quantitative estimate of drug-likeness (QED) is 0.702. The largest absolute Gasteiger partial charge is 0.497 e. The third-order valence-corrected chi connectivity index (χ3v) is 6.92. The van der Waals surface area contributed by atoms with E-state index in [0.29, 0.717) is 18.0 Å². The molecule has 0 saturated carbocycles. The van der Waals surface area contributed by atoms with E-state index in [-0.39, 0.29) is 0 Å². The molecule has 2 N–H and O–H groups in total. The highest BCUT2D eigenvalue weighted by Crippen LogP contribution is 2.50. The van der Waals surface area contributed by atoms with Crippen molar-refractivity contribution in [2.75, 3.05) is 14.2 Å². The maximum Gasteiger partial charge on any atom is 0.118 e. The molecule has 0 radical (unpaired) electrons. The number of fused-ring (bicyclic) bond motifs is 3. The molecule has 0 spiro atoms. The number of hydrogen-bond donors (Lipinski definition) is 2. The highest BCUT2D eigenvalue weighted by atomic mass is 32.1. The fourth-order valence-electron chi connectivity index (χ4n) is 4.25. The van der Waals surface area contributed by atoms with E-state index in [1.54, 1.807) is 14.2 Å². The summed E-state index contributed by atoms with van der Waals surface area (Å²) in [6.45, 7) is 0. The van der Waals surface area contributed by atoms with Crippen LogP contribution in [0.1, 0.15) is 28.1 Å². The maximum atomic E-state index is 5.28. The minimum absolute atomic E-state index is 0.324.